The van der Waals surface area contributed by atoms with Crippen LogP contribution in [0.4, 0.5) is 5.69 Å². The minimum atomic E-state index is -0.543. The van der Waals surface area contributed by atoms with Gasteiger partial charge in [-0.1, -0.05) is 67.6 Å². The number of nitrogens with one attached hydrogen (secondary N) is 2. The normalized spacial score (nSPS) is 11.6. The second-order valence-corrected chi connectivity index (χ2v) is 10.1. The third-order valence-corrected chi connectivity index (χ3v) is 6.73. The molecule has 0 saturated heterocycles. The molecule has 38 heavy (non-hydrogen) atoms. The number of carbonyl (C=O) groups excluding carboxylic acids is 3. The summed E-state index contributed by atoms with van der Waals surface area (Å²) >= 11 is 7.42. The topological polar surface area (TPSA) is 115 Å². The fourth-order valence-corrected chi connectivity index (χ4v) is 4.72. The smallest absolute Gasteiger partial charge is 0.339 e. The zero-order chi connectivity index (χ0) is 27.7. The predicted octanol–water partition coefficient (Wildman–Crippen LogP) is 5.15. The van der Waals surface area contributed by atoms with Gasteiger partial charge in [0.1, 0.15) is 0 Å². The highest BCUT2D eigenvalue weighted by atomic mass is 35.5. The van der Waals surface area contributed by atoms with Crippen LogP contribution >= 0.6 is 23.4 Å². The molecule has 0 spiro atoms. The van der Waals surface area contributed by atoms with Crippen LogP contribution in [-0.2, 0) is 16.1 Å². The van der Waals surface area contributed by atoms with Crippen molar-refractivity contribution in [1.82, 2.24) is 20.1 Å². The molecule has 200 valence electrons. The van der Waals surface area contributed by atoms with Gasteiger partial charge in [-0.05, 0) is 36.6 Å². The van der Waals surface area contributed by atoms with E-state index in [1.165, 1.54) is 18.9 Å². The second-order valence-electron chi connectivity index (χ2n) is 8.75. The third kappa shape index (κ3) is 7.45. The number of para-hydroxylation sites is 1. The molecule has 11 heteroatoms. The Kier molecular flexibility index (Phi) is 10.5. The molecule has 0 aliphatic carbocycles. The summed E-state index contributed by atoms with van der Waals surface area (Å²) in [5, 5.41) is 15.3. The van der Waals surface area contributed by atoms with Gasteiger partial charge in [0, 0.05) is 6.54 Å². The number of thioether (sulfide) groups is 1. The first-order valence-corrected chi connectivity index (χ1v) is 13.3. The Hall–Kier alpha value is -3.63. The molecule has 0 fully saturated rings. The molecule has 0 aliphatic rings. The number of nitrogens with zero attached hydrogens (tertiary/aromatic N) is 3. The van der Waals surface area contributed by atoms with Crippen molar-refractivity contribution in [1.29, 1.82) is 0 Å². The van der Waals surface area contributed by atoms with Crippen LogP contribution < -0.4 is 10.6 Å². The largest absolute Gasteiger partial charge is 0.465 e. The average Bonchev–Trinajstić information content (AvgIpc) is 3.29. The Morgan fingerprint density at radius 2 is 1.79 bits per heavy atom. The average molecular weight is 556 g/mol. The summed E-state index contributed by atoms with van der Waals surface area (Å²) in [5.74, 6) is -0.362. The van der Waals surface area contributed by atoms with E-state index >= 15 is 0 Å². The van der Waals surface area contributed by atoms with Gasteiger partial charge in [-0.2, -0.15) is 0 Å². The molecular weight excluding hydrogens is 526 g/mol. The van der Waals surface area contributed by atoms with Crippen LogP contribution in [0.5, 0.6) is 0 Å². The van der Waals surface area contributed by atoms with Gasteiger partial charge in [-0.25, -0.2) is 4.79 Å². The number of esters is 1. The molecule has 3 rings (SSSR count). The molecule has 2 aromatic carbocycles. The fourth-order valence-electron chi connectivity index (χ4n) is 3.74. The maximum Gasteiger partial charge on any atom is 0.339 e. The van der Waals surface area contributed by atoms with Gasteiger partial charge in [0.2, 0.25) is 5.91 Å². The number of rotatable bonds is 12. The second kappa shape index (κ2) is 13.8. The number of aromatic nitrogens is 3. The molecule has 1 heterocycles. The number of carbonyl (C=O) groups is 3. The first-order valence-electron chi connectivity index (χ1n) is 11.9. The highest BCUT2D eigenvalue weighted by Crippen LogP contribution is 2.26. The van der Waals surface area contributed by atoms with E-state index < -0.39 is 12.0 Å². The summed E-state index contributed by atoms with van der Waals surface area (Å²) < 4.78 is 6.61. The monoisotopic (exact) mass is 555 g/mol. The van der Waals surface area contributed by atoms with E-state index in [-0.39, 0.29) is 29.0 Å². The zero-order valence-corrected chi connectivity index (χ0v) is 23.0. The number of methoxy groups -OCH3 is 1. The lowest BCUT2D eigenvalue weighted by atomic mass is 10.0. The quantitative estimate of drug-likeness (QED) is 0.180. The Bertz CT molecular complexity index is 1310. The summed E-state index contributed by atoms with van der Waals surface area (Å²) in [7, 11) is 1.28. The molecule has 2 amide bonds. The summed E-state index contributed by atoms with van der Waals surface area (Å²) in [6.07, 6.45) is 2.31. The summed E-state index contributed by atoms with van der Waals surface area (Å²) in [5.41, 5.74) is 0.991. The molecule has 0 bridgehead atoms. The number of hydrogen-bond acceptors (Lipinski definition) is 7. The number of anilines is 1. The first-order chi connectivity index (χ1) is 18.2. The Morgan fingerprint density at radius 1 is 1.11 bits per heavy atom. The van der Waals surface area contributed by atoms with E-state index in [2.05, 4.69) is 41.3 Å². The minimum absolute atomic E-state index is 0.0195. The molecular formula is C27H30ClN5O4S. The number of ether oxygens (including phenoxy) is 1. The highest BCUT2D eigenvalue weighted by molar-refractivity contribution is 7.99. The Balaban J connectivity index is 1.78. The van der Waals surface area contributed by atoms with Crippen LogP contribution in [0.15, 0.2) is 66.3 Å². The minimum Gasteiger partial charge on any atom is -0.465 e. The number of amides is 2. The predicted molar refractivity (Wildman–Crippen MR) is 148 cm³/mol. The van der Waals surface area contributed by atoms with E-state index in [0.29, 0.717) is 40.2 Å². The van der Waals surface area contributed by atoms with Gasteiger partial charge in [0.05, 0.1) is 40.7 Å². The maximum absolute atomic E-state index is 13.0. The lowest BCUT2D eigenvalue weighted by Gasteiger charge is -2.21. The van der Waals surface area contributed by atoms with Crippen molar-refractivity contribution in [3.05, 3.63) is 83.2 Å². The Labute approximate surface area is 231 Å². The van der Waals surface area contributed by atoms with Gasteiger partial charge in [0.15, 0.2) is 11.0 Å². The van der Waals surface area contributed by atoms with Crippen molar-refractivity contribution in [3.8, 4) is 0 Å². The van der Waals surface area contributed by atoms with Gasteiger partial charge in [0.25, 0.3) is 5.91 Å². The van der Waals surface area contributed by atoms with Crippen LogP contribution in [0, 0.1) is 5.92 Å². The maximum atomic E-state index is 13.0. The molecule has 1 aromatic heterocycles. The van der Waals surface area contributed by atoms with E-state index in [1.807, 2.05) is 4.57 Å². The molecule has 1 atom stereocenters. The number of halogens is 1. The lowest BCUT2D eigenvalue weighted by Crippen LogP contribution is -2.32. The van der Waals surface area contributed by atoms with Gasteiger partial charge < -0.3 is 19.9 Å². The van der Waals surface area contributed by atoms with Gasteiger partial charge in [-0.15, -0.1) is 16.8 Å². The van der Waals surface area contributed by atoms with Crippen LogP contribution in [0.3, 0.4) is 0 Å². The molecule has 0 radical (unpaired) electrons. The number of hydrogen-bond donors (Lipinski definition) is 2. The van der Waals surface area contributed by atoms with Crippen molar-refractivity contribution >= 4 is 46.8 Å². The lowest BCUT2D eigenvalue weighted by molar-refractivity contribution is -0.113. The van der Waals surface area contributed by atoms with E-state index in [9.17, 15) is 14.4 Å². The summed E-state index contributed by atoms with van der Waals surface area (Å²) in [6, 6.07) is 13.0. The standard InChI is InChI=1S/C27H30ClN5O4S/c1-5-14-33-24(22(15-17(2)3)30-25(35)18-10-6-8-12-20(18)28)31-32-27(33)38-16-23(34)29-21-13-9-7-11-19(21)26(36)37-4/h5-13,17,22H,1,14-16H2,2-4H3,(H,29,34)(H,30,35)/t22-/m1/s1. The van der Waals surface area contributed by atoms with Crippen LogP contribution in [0.25, 0.3) is 0 Å². The van der Waals surface area contributed by atoms with Crippen molar-refractivity contribution in [2.45, 2.75) is 38.0 Å². The molecule has 2 N–H and O–H groups in total. The Morgan fingerprint density at radius 3 is 2.45 bits per heavy atom. The summed E-state index contributed by atoms with van der Waals surface area (Å²) in [4.78, 5) is 37.7. The van der Waals surface area contributed by atoms with E-state index in [0.717, 1.165) is 0 Å². The van der Waals surface area contributed by atoms with Gasteiger partial charge in [-0.3, -0.25) is 9.59 Å². The SMILES string of the molecule is C=CCn1c(SCC(=O)Nc2ccccc2C(=O)OC)nnc1[C@@H](CC(C)C)NC(=O)c1ccccc1Cl. The molecule has 0 unspecified atom stereocenters. The first kappa shape index (κ1) is 28.9. The zero-order valence-electron chi connectivity index (χ0n) is 21.4. The fraction of sp³-hybridized carbons (Fsp3) is 0.296. The molecule has 0 aliphatic heterocycles. The number of benzene rings is 2. The van der Waals surface area contributed by atoms with Crippen molar-refractivity contribution in [3.63, 3.8) is 0 Å². The molecule has 9 nitrogen and oxygen atoms in total. The van der Waals surface area contributed by atoms with Gasteiger partial charge >= 0.3 is 5.97 Å². The van der Waals surface area contributed by atoms with Crippen LogP contribution in [-0.4, -0.2) is 45.4 Å². The number of allylic oxidation sites excluding steroid dienone is 1. The summed E-state index contributed by atoms with van der Waals surface area (Å²) in [6.45, 7) is 8.31. The van der Waals surface area contributed by atoms with Crippen LogP contribution in [0.1, 0.15) is 52.9 Å². The van der Waals surface area contributed by atoms with Crippen molar-refractivity contribution in [2.75, 3.05) is 18.2 Å². The van der Waals surface area contributed by atoms with Crippen molar-refractivity contribution in [2.24, 2.45) is 5.92 Å². The highest BCUT2D eigenvalue weighted by Gasteiger charge is 2.25. The van der Waals surface area contributed by atoms with Crippen LogP contribution in [0.2, 0.25) is 5.02 Å². The third-order valence-electron chi connectivity index (χ3n) is 5.44. The van der Waals surface area contributed by atoms with E-state index in [1.54, 1.807) is 54.6 Å². The van der Waals surface area contributed by atoms with Crippen molar-refractivity contribution < 1.29 is 19.1 Å². The molecule has 0 saturated carbocycles. The van der Waals surface area contributed by atoms with E-state index in [4.69, 9.17) is 16.3 Å². The molecule has 3 aromatic rings.